The Hall–Kier alpha value is -2.02. The van der Waals surface area contributed by atoms with Crippen LogP contribution in [0.4, 0.5) is 0 Å². The van der Waals surface area contributed by atoms with Crippen LogP contribution in [-0.2, 0) is 6.54 Å². The van der Waals surface area contributed by atoms with Crippen LogP contribution in [0.2, 0.25) is 0 Å². The van der Waals surface area contributed by atoms with Crippen molar-refractivity contribution in [3.05, 3.63) is 48.2 Å². The number of hydrogen-bond donors (Lipinski definition) is 0. The summed E-state index contributed by atoms with van der Waals surface area (Å²) in [5, 5.41) is 0.640. The molecule has 1 aliphatic heterocycles. The summed E-state index contributed by atoms with van der Waals surface area (Å²) < 4.78 is 6.99. The lowest BCUT2D eigenvalue weighted by atomic mass is 9.98. The Morgan fingerprint density at radius 2 is 2.04 bits per heavy atom. The number of ether oxygens (including phenoxy) is 1. The first-order chi connectivity index (χ1) is 13.7. The minimum Gasteiger partial charge on any atom is -0.431 e. The largest absolute Gasteiger partial charge is 0.431 e. The lowest BCUT2D eigenvalue weighted by molar-refractivity contribution is 0.124. The van der Waals surface area contributed by atoms with Crippen LogP contribution in [0.5, 0.6) is 10.9 Å². The van der Waals surface area contributed by atoms with Gasteiger partial charge >= 0.3 is 0 Å². The summed E-state index contributed by atoms with van der Waals surface area (Å²) in [6.07, 6.45) is 7.00. The second kappa shape index (κ2) is 8.99. The fraction of sp³-hybridized carbons (Fsp3) is 0.455. The fourth-order valence-electron chi connectivity index (χ4n) is 3.79. The second-order valence-electron chi connectivity index (χ2n) is 7.76. The molecule has 0 bridgehead atoms. The van der Waals surface area contributed by atoms with E-state index < -0.39 is 0 Å². The number of pyridine rings is 1. The molecule has 5 nitrogen and oxygen atoms in total. The van der Waals surface area contributed by atoms with Crippen molar-refractivity contribution in [2.24, 2.45) is 0 Å². The first kappa shape index (κ1) is 19.3. The molecule has 0 saturated carbocycles. The van der Waals surface area contributed by atoms with E-state index in [-0.39, 0.29) is 0 Å². The molecule has 1 saturated heterocycles. The van der Waals surface area contributed by atoms with Crippen LogP contribution in [0.15, 0.2) is 42.6 Å². The highest BCUT2D eigenvalue weighted by Gasteiger charge is 2.22. The third-order valence-electron chi connectivity index (χ3n) is 5.32. The van der Waals surface area contributed by atoms with Crippen LogP contribution in [0.25, 0.3) is 10.3 Å². The molecule has 1 fully saturated rings. The normalized spacial score (nSPS) is 18.0. The number of thiazole rings is 1. The highest BCUT2D eigenvalue weighted by atomic mass is 32.1. The maximum Gasteiger partial charge on any atom is 0.281 e. The van der Waals surface area contributed by atoms with E-state index in [0.717, 1.165) is 29.2 Å². The number of hydrogen-bond acceptors (Lipinski definition) is 6. The minimum atomic E-state index is 0.640. The number of aromatic nitrogens is 2. The zero-order valence-corrected chi connectivity index (χ0v) is 17.5. The standard InChI is InChI=1S/C22H28N4OS/c1-25(2)15-12-18-6-3-4-14-26(18)16-17-8-10-19(11-9-17)27-22-24-21-20(28-22)7-5-13-23-21/h5,7-11,13,18H,3-4,6,12,14-16H2,1-2H3. The first-order valence-electron chi connectivity index (χ1n) is 10.0. The van der Waals surface area contributed by atoms with Gasteiger partial charge in [-0.05, 0) is 76.3 Å². The molecule has 0 radical (unpaired) electrons. The van der Waals surface area contributed by atoms with E-state index >= 15 is 0 Å². The van der Waals surface area contributed by atoms with Crippen molar-refractivity contribution in [2.75, 3.05) is 27.2 Å². The van der Waals surface area contributed by atoms with Gasteiger partial charge < -0.3 is 9.64 Å². The Kier molecular flexibility index (Phi) is 6.20. The maximum atomic E-state index is 5.94. The van der Waals surface area contributed by atoms with E-state index in [4.69, 9.17) is 4.74 Å². The predicted octanol–water partition coefficient (Wildman–Crippen LogP) is 4.79. The van der Waals surface area contributed by atoms with E-state index in [0.29, 0.717) is 11.2 Å². The van der Waals surface area contributed by atoms with Gasteiger partial charge in [-0.15, -0.1) is 0 Å². The molecule has 6 heteroatoms. The van der Waals surface area contributed by atoms with Crippen molar-refractivity contribution in [3.63, 3.8) is 0 Å². The molecular weight excluding hydrogens is 368 g/mol. The Labute approximate surface area is 171 Å². The molecular formula is C22H28N4OS. The summed E-state index contributed by atoms with van der Waals surface area (Å²) in [6, 6.07) is 13.1. The van der Waals surface area contributed by atoms with Crippen LogP contribution in [0, 0.1) is 0 Å². The fourth-order valence-corrected chi connectivity index (χ4v) is 4.59. The molecule has 0 spiro atoms. The molecule has 1 aromatic carbocycles. The lowest BCUT2D eigenvalue weighted by Crippen LogP contribution is -2.40. The summed E-state index contributed by atoms with van der Waals surface area (Å²) in [4.78, 5) is 13.7. The van der Waals surface area contributed by atoms with Crippen LogP contribution >= 0.6 is 11.3 Å². The van der Waals surface area contributed by atoms with E-state index in [1.165, 1.54) is 49.1 Å². The molecule has 28 heavy (non-hydrogen) atoms. The van der Waals surface area contributed by atoms with Crippen molar-refractivity contribution in [2.45, 2.75) is 38.3 Å². The topological polar surface area (TPSA) is 41.5 Å². The van der Waals surface area contributed by atoms with Gasteiger partial charge in [-0.2, -0.15) is 4.98 Å². The van der Waals surface area contributed by atoms with Crippen molar-refractivity contribution >= 4 is 21.7 Å². The van der Waals surface area contributed by atoms with Gasteiger partial charge in [-0.3, -0.25) is 4.90 Å². The number of benzene rings is 1. The summed E-state index contributed by atoms with van der Waals surface area (Å²) in [7, 11) is 4.32. The Morgan fingerprint density at radius 3 is 2.82 bits per heavy atom. The van der Waals surface area contributed by atoms with Gasteiger partial charge in [0.15, 0.2) is 5.65 Å². The van der Waals surface area contributed by atoms with Crippen molar-refractivity contribution < 1.29 is 4.74 Å². The summed E-state index contributed by atoms with van der Waals surface area (Å²) in [5.41, 5.74) is 2.09. The van der Waals surface area contributed by atoms with Gasteiger partial charge in [-0.1, -0.05) is 29.9 Å². The average Bonchev–Trinajstić information content (AvgIpc) is 3.11. The zero-order chi connectivity index (χ0) is 19.3. The number of fused-ring (bicyclic) bond motifs is 1. The van der Waals surface area contributed by atoms with Crippen LogP contribution in [-0.4, -0.2) is 53.0 Å². The third kappa shape index (κ3) is 4.87. The van der Waals surface area contributed by atoms with E-state index in [2.05, 4.69) is 46.0 Å². The van der Waals surface area contributed by atoms with Gasteiger partial charge in [0.05, 0.1) is 4.70 Å². The summed E-state index contributed by atoms with van der Waals surface area (Å²) in [5.74, 6) is 0.825. The first-order valence-corrected chi connectivity index (χ1v) is 10.9. The average molecular weight is 397 g/mol. The quantitative estimate of drug-likeness (QED) is 0.574. The van der Waals surface area contributed by atoms with E-state index in [1.807, 2.05) is 24.3 Å². The molecule has 0 aliphatic carbocycles. The highest BCUT2D eigenvalue weighted by Crippen LogP contribution is 2.30. The molecule has 2 aromatic heterocycles. The number of nitrogens with zero attached hydrogens (tertiary/aromatic N) is 4. The molecule has 3 aromatic rings. The smallest absolute Gasteiger partial charge is 0.281 e. The highest BCUT2D eigenvalue weighted by molar-refractivity contribution is 7.20. The number of piperidine rings is 1. The van der Waals surface area contributed by atoms with Crippen molar-refractivity contribution in [3.8, 4) is 10.9 Å². The lowest BCUT2D eigenvalue weighted by Gasteiger charge is -2.36. The monoisotopic (exact) mass is 396 g/mol. The Balaban J connectivity index is 1.38. The van der Waals surface area contributed by atoms with E-state index in [1.54, 1.807) is 6.20 Å². The van der Waals surface area contributed by atoms with Crippen molar-refractivity contribution in [1.82, 2.24) is 19.8 Å². The van der Waals surface area contributed by atoms with Gasteiger partial charge in [0.1, 0.15) is 5.75 Å². The Bertz CT molecular complexity index is 860. The SMILES string of the molecule is CN(C)CCC1CCCCN1Cc1ccc(Oc2nc3ncccc3s2)cc1. The predicted molar refractivity (Wildman–Crippen MR) is 115 cm³/mol. The maximum absolute atomic E-state index is 5.94. The molecule has 1 aliphatic rings. The number of rotatable bonds is 7. The molecule has 4 rings (SSSR count). The summed E-state index contributed by atoms with van der Waals surface area (Å²) in [6.45, 7) is 3.38. The molecule has 0 amide bonds. The van der Waals surface area contributed by atoms with Gasteiger partial charge in [0.2, 0.25) is 0 Å². The Morgan fingerprint density at radius 1 is 1.18 bits per heavy atom. The number of likely N-dealkylation sites (tertiary alicyclic amines) is 1. The minimum absolute atomic E-state index is 0.640. The van der Waals surface area contributed by atoms with Crippen LogP contribution < -0.4 is 4.74 Å². The van der Waals surface area contributed by atoms with Crippen LogP contribution in [0.3, 0.4) is 0 Å². The molecule has 148 valence electrons. The van der Waals surface area contributed by atoms with Crippen LogP contribution in [0.1, 0.15) is 31.2 Å². The summed E-state index contributed by atoms with van der Waals surface area (Å²) >= 11 is 1.52. The van der Waals surface area contributed by atoms with Gasteiger partial charge in [-0.25, -0.2) is 4.98 Å². The second-order valence-corrected chi connectivity index (χ2v) is 8.76. The molecule has 1 unspecified atom stereocenters. The molecule has 1 atom stereocenters. The zero-order valence-electron chi connectivity index (χ0n) is 16.7. The van der Waals surface area contributed by atoms with Gasteiger partial charge in [0, 0.05) is 18.8 Å². The van der Waals surface area contributed by atoms with Gasteiger partial charge in [0.25, 0.3) is 5.19 Å². The van der Waals surface area contributed by atoms with E-state index in [9.17, 15) is 0 Å². The molecule has 0 N–H and O–H groups in total. The third-order valence-corrected chi connectivity index (χ3v) is 6.21. The van der Waals surface area contributed by atoms with Crippen molar-refractivity contribution in [1.29, 1.82) is 0 Å². The molecule has 3 heterocycles.